The van der Waals surface area contributed by atoms with Gasteiger partial charge in [0.1, 0.15) is 6.29 Å². The summed E-state index contributed by atoms with van der Waals surface area (Å²) in [7, 11) is 0. The van der Waals surface area contributed by atoms with Gasteiger partial charge in [-0.15, -0.1) is 0 Å². The van der Waals surface area contributed by atoms with Crippen LogP contribution in [0.15, 0.2) is 0 Å². The van der Waals surface area contributed by atoms with Crippen LogP contribution in [-0.4, -0.2) is 36.0 Å². The summed E-state index contributed by atoms with van der Waals surface area (Å²) in [6.45, 7) is 2.20. The van der Waals surface area contributed by atoms with E-state index in [-0.39, 0.29) is 24.1 Å². The predicted octanol–water partition coefficient (Wildman–Crippen LogP) is 1.19. The Labute approximate surface area is 83.2 Å². The first-order chi connectivity index (χ1) is 6.77. The van der Waals surface area contributed by atoms with Crippen LogP contribution in [0.5, 0.6) is 0 Å². The van der Waals surface area contributed by atoms with Crippen molar-refractivity contribution in [2.45, 2.75) is 38.3 Å². The van der Waals surface area contributed by atoms with Gasteiger partial charge < -0.3 is 14.4 Å². The molecule has 0 saturated carbocycles. The number of aldehydes is 1. The van der Waals surface area contributed by atoms with Crippen molar-refractivity contribution in [2.24, 2.45) is 5.92 Å². The lowest BCUT2D eigenvalue weighted by Crippen LogP contribution is -2.37. The van der Waals surface area contributed by atoms with Crippen LogP contribution in [0, 0.1) is 5.92 Å². The average molecular weight is 197 g/mol. The molecule has 2 heterocycles. The maximum absolute atomic E-state index is 11.6. The van der Waals surface area contributed by atoms with Crippen LogP contribution in [0.4, 0.5) is 4.79 Å². The van der Waals surface area contributed by atoms with Crippen LogP contribution >= 0.6 is 0 Å². The largest absolute Gasteiger partial charge is 0.450 e. The third-order valence-corrected chi connectivity index (χ3v) is 3.24. The first kappa shape index (κ1) is 9.49. The maximum Gasteiger partial charge on any atom is 0.410 e. The molecule has 0 aromatic carbocycles. The van der Waals surface area contributed by atoms with Gasteiger partial charge in [0.05, 0.1) is 6.61 Å². The highest BCUT2D eigenvalue weighted by molar-refractivity contribution is 5.71. The van der Waals surface area contributed by atoms with Crippen molar-refractivity contribution in [3.8, 4) is 0 Å². The molecule has 1 amide bonds. The molecule has 0 aromatic rings. The monoisotopic (exact) mass is 197 g/mol. The SMILES string of the molecule is CCOC(=O)N1[C@H]2CC[C@H]1[C@H](C=O)C2. The fourth-order valence-corrected chi connectivity index (χ4v) is 2.66. The van der Waals surface area contributed by atoms with Gasteiger partial charge in [0.2, 0.25) is 0 Å². The van der Waals surface area contributed by atoms with Gasteiger partial charge in [-0.25, -0.2) is 4.79 Å². The van der Waals surface area contributed by atoms with E-state index < -0.39 is 0 Å². The number of ether oxygens (including phenoxy) is 1. The van der Waals surface area contributed by atoms with Crippen molar-refractivity contribution >= 4 is 12.4 Å². The first-order valence-electron chi connectivity index (χ1n) is 5.18. The van der Waals surface area contributed by atoms with Crippen molar-refractivity contribution in [2.75, 3.05) is 6.61 Å². The summed E-state index contributed by atoms with van der Waals surface area (Å²) in [5.74, 6) is 0.0400. The number of carbonyl (C=O) groups is 2. The molecule has 0 aromatic heterocycles. The van der Waals surface area contributed by atoms with Crippen LogP contribution < -0.4 is 0 Å². The Morgan fingerprint density at radius 1 is 1.57 bits per heavy atom. The van der Waals surface area contributed by atoms with E-state index in [1.165, 1.54) is 0 Å². The zero-order chi connectivity index (χ0) is 10.1. The molecule has 2 aliphatic heterocycles. The highest BCUT2D eigenvalue weighted by atomic mass is 16.6. The van der Waals surface area contributed by atoms with Crippen LogP contribution in [0.3, 0.4) is 0 Å². The van der Waals surface area contributed by atoms with E-state index in [2.05, 4.69) is 0 Å². The van der Waals surface area contributed by atoms with E-state index in [4.69, 9.17) is 4.74 Å². The van der Waals surface area contributed by atoms with Crippen LogP contribution in [0.2, 0.25) is 0 Å². The molecule has 0 unspecified atom stereocenters. The van der Waals surface area contributed by atoms with Gasteiger partial charge in [0.25, 0.3) is 0 Å². The van der Waals surface area contributed by atoms with Crippen LogP contribution in [0.25, 0.3) is 0 Å². The lowest BCUT2D eigenvalue weighted by molar-refractivity contribution is -0.111. The van der Waals surface area contributed by atoms with E-state index in [9.17, 15) is 9.59 Å². The van der Waals surface area contributed by atoms with Crippen LogP contribution in [0.1, 0.15) is 26.2 Å². The van der Waals surface area contributed by atoms with E-state index >= 15 is 0 Å². The molecule has 2 bridgehead atoms. The molecule has 2 aliphatic rings. The lowest BCUT2D eigenvalue weighted by atomic mass is 9.90. The number of carbonyl (C=O) groups excluding carboxylic acids is 2. The molecule has 4 heteroatoms. The van der Waals surface area contributed by atoms with Crippen molar-refractivity contribution < 1.29 is 14.3 Å². The third kappa shape index (κ3) is 1.29. The molecule has 3 atom stereocenters. The summed E-state index contributed by atoms with van der Waals surface area (Å²) in [6, 6.07) is 0.353. The Morgan fingerprint density at radius 3 is 2.93 bits per heavy atom. The van der Waals surface area contributed by atoms with Gasteiger partial charge in [0, 0.05) is 18.0 Å². The molecule has 2 rings (SSSR count). The summed E-state index contributed by atoms with van der Waals surface area (Å²) in [5.41, 5.74) is 0. The van der Waals surface area contributed by atoms with Crippen molar-refractivity contribution in [1.82, 2.24) is 4.90 Å². The normalized spacial score (nSPS) is 34.6. The molecule has 2 saturated heterocycles. The maximum atomic E-state index is 11.6. The Kier molecular flexibility index (Phi) is 2.44. The molecule has 0 aliphatic carbocycles. The van der Waals surface area contributed by atoms with Gasteiger partial charge in [-0.3, -0.25) is 0 Å². The molecule has 0 radical (unpaired) electrons. The number of nitrogens with zero attached hydrogens (tertiary/aromatic N) is 1. The number of hydrogen-bond donors (Lipinski definition) is 0. The Hall–Kier alpha value is -1.06. The molecule has 4 nitrogen and oxygen atoms in total. The molecular weight excluding hydrogens is 182 g/mol. The summed E-state index contributed by atoms with van der Waals surface area (Å²) < 4.78 is 4.97. The standard InChI is InChI=1S/C10H15NO3/c1-2-14-10(13)11-8-3-4-9(11)7(5-8)6-12/h6-9H,2-5H2,1H3/t7-,8-,9-/m0/s1. The minimum Gasteiger partial charge on any atom is -0.450 e. The Morgan fingerprint density at radius 2 is 2.36 bits per heavy atom. The quantitative estimate of drug-likeness (QED) is 0.625. The van der Waals surface area contributed by atoms with E-state index in [1.54, 1.807) is 11.8 Å². The second-order valence-electron chi connectivity index (χ2n) is 3.94. The van der Waals surface area contributed by atoms with Crippen molar-refractivity contribution in [3.63, 3.8) is 0 Å². The van der Waals surface area contributed by atoms with Gasteiger partial charge in [-0.2, -0.15) is 0 Å². The number of rotatable bonds is 2. The number of fused-ring (bicyclic) bond motifs is 2. The first-order valence-corrected chi connectivity index (χ1v) is 5.18. The fourth-order valence-electron chi connectivity index (χ4n) is 2.66. The Bertz CT molecular complexity index is 254. The van der Waals surface area contributed by atoms with E-state index in [0.717, 1.165) is 25.5 Å². The van der Waals surface area contributed by atoms with E-state index in [1.807, 2.05) is 0 Å². The molecule has 0 N–H and O–H groups in total. The van der Waals surface area contributed by atoms with Crippen LogP contribution in [-0.2, 0) is 9.53 Å². The average Bonchev–Trinajstić information content (AvgIpc) is 2.74. The summed E-state index contributed by atoms with van der Waals surface area (Å²) in [5, 5.41) is 0. The smallest absolute Gasteiger partial charge is 0.410 e. The highest BCUT2D eigenvalue weighted by Gasteiger charge is 2.49. The van der Waals surface area contributed by atoms with Crippen molar-refractivity contribution in [3.05, 3.63) is 0 Å². The summed E-state index contributed by atoms with van der Waals surface area (Å²) in [4.78, 5) is 24.1. The predicted molar refractivity (Wildman–Crippen MR) is 49.8 cm³/mol. The topological polar surface area (TPSA) is 46.6 Å². The summed E-state index contributed by atoms with van der Waals surface area (Å²) >= 11 is 0. The summed E-state index contributed by atoms with van der Waals surface area (Å²) in [6.07, 6.45) is 3.54. The molecule has 0 spiro atoms. The zero-order valence-electron chi connectivity index (χ0n) is 8.31. The Balaban J connectivity index is 2.07. The van der Waals surface area contributed by atoms with Gasteiger partial charge >= 0.3 is 6.09 Å². The molecule has 2 fully saturated rings. The zero-order valence-corrected chi connectivity index (χ0v) is 8.31. The second kappa shape index (κ2) is 3.59. The third-order valence-electron chi connectivity index (χ3n) is 3.24. The minimum absolute atomic E-state index is 0.0400. The number of hydrogen-bond acceptors (Lipinski definition) is 3. The van der Waals surface area contributed by atoms with E-state index in [0.29, 0.717) is 6.61 Å². The fraction of sp³-hybridized carbons (Fsp3) is 0.800. The lowest BCUT2D eigenvalue weighted by Gasteiger charge is -2.21. The van der Waals surface area contributed by atoms with Gasteiger partial charge in [-0.1, -0.05) is 0 Å². The van der Waals surface area contributed by atoms with Gasteiger partial charge in [-0.05, 0) is 26.2 Å². The van der Waals surface area contributed by atoms with Crippen molar-refractivity contribution in [1.29, 1.82) is 0 Å². The molecular formula is C10H15NO3. The van der Waals surface area contributed by atoms with Gasteiger partial charge in [0.15, 0.2) is 0 Å². The highest BCUT2D eigenvalue weighted by Crippen LogP contribution is 2.40. The number of amides is 1. The molecule has 78 valence electrons. The molecule has 14 heavy (non-hydrogen) atoms. The minimum atomic E-state index is -0.246. The second-order valence-corrected chi connectivity index (χ2v) is 3.94.